The lowest BCUT2D eigenvalue weighted by atomic mass is 9.77. The van der Waals surface area contributed by atoms with Crippen LogP contribution in [0, 0.1) is 0 Å². The number of methoxy groups -OCH3 is 2. The summed E-state index contributed by atoms with van der Waals surface area (Å²) < 4.78 is 22.1. The van der Waals surface area contributed by atoms with Gasteiger partial charge in [-0.2, -0.15) is 0 Å². The van der Waals surface area contributed by atoms with Gasteiger partial charge in [0.2, 0.25) is 0 Å². The third kappa shape index (κ3) is 6.43. The van der Waals surface area contributed by atoms with Crippen molar-refractivity contribution in [2.24, 2.45) is 0 Å². The Morgan fingerprint density at radius 3 is 1.91 bits per heavy atom. The van der Waals surface area contributed by atoms with Crippen molar-refractivity contribution in [3.05, 3.63) is 47.5 Å². The monoisotopic (exact) mass is 448 g/mol. The van der Waals surface area contributed by atoms with Crippen LogP contribution in [0.3, 0.4) is 0 Å². The highest BCUT2D eigenvalue weighted by Crippen LogP contribution is 2.48. The maximum absolute atomic E-state index is 12.0. The molecular weight excluding hydrogens is 412 g/mol. The SMILES string of the molecule is CCc1c(OCOC)cc(OCOC)c(-c2ccccc2)c1C(O)(CCCO)CCCO. The zero-order chi connectivity index (χ0) is 23.4. The standard InChI is InChI=1S/C25H36O7/c1-4-20-21(31-17-29-2)16-22(32-18-30-3)23(19-10-6-5-7-11-19)24(20)25(28,12-8-14-26)13-9-15-27/h5-7,10-11,16,26-28H,4,8-9,12-15,17-18H2,1-3H3. The van der Waals surface area contributed by atoms with Crippen LogP contribution in [-0.2, 0) is 21.5 Å². The summed E-state index contributed by atoms with van der Waals surface area (Å²) in [6.07, 6.45) is 2.08. The highest BCUT2D eigenvalue weighted by molar-refractivity contribution is 5.78. The molecule has 0 unspecified atom stereocenters. The molecule has 32 heavy (non-hydrogen) atoms. The van der Waals surface area contributed by atoms with Crippen molar-refractivity contribution in [2.75, 3.05) is 41.0 Å². The molecule has 0 aliphatic rings. The van der Waals surface area contributed by atoms with E-state index in [0.717, 1.165) is 16.7 Å². The number of hydrogen-bond acceptors (Lipinski definition) is 7. The quantitative estimate of drug-likeness (QED) is 0.358. The third-order valence-corrected chi connectivity index (χ3v) is 5.40. The molecule has 0 saturated carbocycles. The van der Waals surface area contributed by atoms with Crippen LogP contribution in [0.2, 0.25) is 0 Å². The van der Waals surface area contributed by atoms with Crippen molar-refractivity contribution in [1.82, 2.24) is 0 Å². The van der Waals surface area contributed by atoms with Crippen LogP contribution in [0.1, 0.15) is 43.7 Å². The van der Waals surface area contributed by atoms with E-state index in [0.29, 0.717) is 49.2 Å². The summed E-state index contributed by atoms with van der Waals surface area (Å²) in [5.74, 6) is 1.07. The molecule has 0 aliphatic heterocycles. The molecule has 0 saturated heterocycles. The van der Waals surface area contributed by atoms with Crippen molar-refractivity contribution >= 4 is 0 Å². The molecule has 0 radical (unpaired) electrons. The second kappa shape index (κ2) is 13.4. The highest BCUT2D eigenvalue weighted by atomic mass is 16.7. The van der Waals surface area contributed by atoms with Gasteiger partial charge in [-0.1, -0.05) is 37.3 Å². The first kappa shape index (κ1) is 26.1. The van der Waals surface area contributed by atoms with Crippen molar-refractivity contribution in [3.8, 4) is 22.6 Å². The Morgan fingerprint density at radius 2 is 1.41 bits per heavy atom. The molecule has 0 amide bonds. The fourth-order valence-corrected chi connectivity index (χ4v) is 4.04. The van der Waals surface area contributed by atoms with E-state index >= 15 is 0 Å². The first-order chi connectivity index (χ1) is 15.6. The van der Waals surface area contributed by atoms with Crippen molar-refractivity contribution < 1.29 is 34.3 Å². The normalized spacial score (nSPS) is 11.6. The second-order valence-electron chi connectivity index (χ2n) is 7.61. The van der Waals surface area contributed by atoms with Crippen LogP contribution in [0.4, 0.5) is 0 Å². The summed E-state index contributed by atoms with van der Waals surface area (Å²) in [6.45, 7) is 1.99. The van der Waals surface area contributed by atoms with E-state index < -0.39 is 5.60 Å². The molecule has 0 aliphatic carbocycles. The molecule has 0 fully saturated rings. The van der Waals surface area contributed by atoms with Gasteiger partial charge in [0.05, 0.1) is 5.60 Å². The smallest absolute Gasteiger partial charge is 0.188 e. The van der Waals surface area contributed by atoms with Crippen molar-refractivity contribution in [1.29, 1.82) is 0 Å². The molecule has 0 aromatic heterocycles. The number of rotatable bonds is 15. The summed E-state index contributed by atoms with van der Waals surface area (Å²) in [5, 5.41) is 31.0. The van der Waals surface area contributed by atoms with E-state index in [-0.39, 0.29) is 26.8 Å². The zero-order valence-corrected chi connectivity index (χ0v) is 19.3. The maximum atomic E-state index is 12.0. The van der Waals surface area contributed by atoms with Gasteiger partial charge in [0.25, 0.3) is 0 Å². The Morgan fingerprint density at radius 1 is 0.844 bits per heavy atom. The maximum Gasteiger partial charge on any atom is 0.188 e. The second-order valence-corrected chi connectivity index (χ2v) is 7.61. The first-order valence-corrected chi connectivity index (χ1v) is 11.0. The van der Waals surface area contributed by atoms with Gasteiger partial charge in [0, 0.05) is 50.2 Å². The number of aliphatic hydroxyl groups excluding tert-OH is 2. The van der Waals surface area contributed by atoms with E-state index in [9.17, 15) is 15.3 Å². The van der Waals surface area contributed by atoms with Crippen LogP contribution < -0.4 is 9.47 Å². The molecule has 2 rings (SSSR count). The molecule has 0 spiro atoms. The minimum atomic E-state index is -1.31. The molecular formula is C25H36O7. The lowest BCUT2D eigenvalue weighted by Crippen LogP contribution is -2.30. The Bertz CT molecular complexity index is 800. The summed E-state index contributed by atoms with van der Waals surface area (Å²) in [4.78, 5) is 0. The minimum absolute atomic E-state index is 0.0279. The molecule has 2 aromatic rings. The van der Waals surface area contributed by atoms with Crippen LogP contribution >= 0.6 is 0 Å². The fraction of sp³-hybridized carbons (Fsp3) is 0.520. The van der Waals surface area contributed by atoms with Gasteiger partial charge in [-0.3, -0.25) is 0 Å². The van der Waals surface area contributed by atoms with Crippen LogP contribution in [0.15, 0.2) is 36.4 Å². The van der Waals surface area contributed by atoms with Gasteiger partial charge in [-0.25, -0.2) is 0 Å². The first-order valence-electron chi connectivity index (χ1n) is 11.0. The van der Waals surface area contributed by atoms with Gasteiger partial charge in [0.1, 0.15) is 11.5 Å². The molecule has 0 bridgehead atoms. The molecule has 178 valence electrons. The molecule has 7 heteroatoms. The molecule has 0 atom stereocenters. The minimum Gasteiger partial charge on any atom is -0.467 e. The predicted molar refractivity (Wildman–Crippen MR) is 123 cm³/mol. The Hall–Kier alpha value is -2.16. The average molecular weight is 449 g/mol. The largest absolute Gasteiger partial charge is 0.467 e. The van der Waals surface area contributed by atoms with Crippen LogP contribution in [-0.4, -0.2) is 56.3 Å². The zero-order valence-electron chi connectivity index (χ0n) is 19.3. The highest BCUT2D eigenvalue weighted by Gasteiger charge is 2.36. The third-order valence-electron chi connectivity index (χ3n) is 5.40. The summed E-state index contributed by atoms with van der Waals surface area (Å²) >= 11 is 0. The van der Waals surface area contributed by atoms with E-state index in [1.807, 2.05) is 37.3 Å². The van der Waals surface area contributed by atoms with E-state index in [1.165, 1.54) is 0 Å². The summed E-state index contributed by atoms with van der Waals surface area (Å²) in [7, 11) is 3.09. The van der Waals surface area contributed by atoms with Gasteiger partial charge >= 0.3 is 0 Å². The van der Waals surface area contributed by atoms with E-state index in [1.54, 1.807) is 20.3 Å². The van der Waals surface area contributed by atoms with Gasteiger partial charge in [-0.15, -0.1) is 0 Å². The van der Waals surface area contributed by atoms with Gasteiger partial charge in [0.15, 0.2) is 13.6 Å². The molecule has 0 heterocycles. The van der Waals surface area contributed by atoms with E-state index in [2.05, 4.69) is 0 Å². The number of ether oxygens (including phenoxy) is 4. The van der Waals surface area contributed by atoms with Crippen molar-refractivity contribution in [2.45, 2.75) is 44.6 Å². The van der Waals surface area contributed by atoms with Crippen LogP contribution in [0.25, 0.3) is 11.1 Å². The topological polar surface area (TPSA) is 97.6 Å². The average Bonchev–Trinajstić information content (AvgIpc) is 2.83. The Balaban J connectivity index is 2.87. The lowest BCUT2D eigenvalue weighted by Gasteiger charge is -2.34. The van der Waals surface area contributed by atoms with Crippen molar-refractivity contribution in [3.63, 3.8) is 0 Å². The lowest BCUT2D eigenvalue weighted by molar-refractivity contribution is 0.00450. The predicted octanol–water partition coefficient (Wildman–Crippen LogP) is 3.61. The number of hydrogen-bond donors (Lipinski definition) is 3. The summed E-state index contributed by atoms with van der Waals surface area (Å²) in [5.41, 5.74) is 1.85. The number of benzene rings is 2. The number of aliphatic hydroxyl groups is 3. The van der Waals surface area contributed by atoms with E-state index in [4.69, 9.17) is 18.9 Å². The molecule has 7 nitrogen and oxygen atoms in total. The van der Waals surface area contributed by atoms with Gasteiger partial charge in [-0.05, 0) is 37.7 Å². The van der Waals surface area contributed by atoms with Gasteiger partial charge < -0.3 is 34.3 Å². The van der Waals surface area contributed by atoms with Crippen LogP contribution in [0.5, 0.6) is 11.5 Å². The Labute approximate surface area is 190 Å². The Kier molecular flexibility index (Phi) is 10.9. The fourth-order valence-electron chi connectivity index (χ4n) is 4.04. The summed E-state index contributed by atoms with van der Waals surface area (Å²) in [6, 6.07) is 11.5. The molecule has 2 aromatic carbocycles. The molecule has 3 N–H and O–H groups in total.